The SMILES string of the molecule is N#Cc1c(S(N)(=O)=O)[nH]c(C(F)F)cc1=O. The maximum atomic E-state index is 12.3. The van der Waals surface area contributed by atoms with Gasteiger partial charge in [-0.3, -0.25) is 4.79 Å². The van der Waals surface area contributed by atoms with Crippen molar-refractivity contribution < 1.29 is 17.2 Å². The first-order valence-corrected chi connectivity index (χ1v) is 5.30. The van der Waals surface area contributed by atoms with Gasteiger partial charge in [-0.1, -0.05) is 0 Å². The fraction of sp³-hybridized carbons (Fsp3) is 0.143. The first-order valence-electron chi connectivity index (χ1n) is 3.75. The average Bonchev–Trinajstić information content (AvgIpc) is 2.14. The Labute approximate surface area is 88.4 Å². The molecule has 86 valence electrons. The van der Waals surface area contributed by atoms with Gasteiger partial charge in [-0.15, -0.1) is 0 Å². The molecule has 16 heavy (non-hydrogen) atoms. The molecular weight excluding hydrogens is 244 g/mol. The van der Waals surface area contributed by atoms with Gasteiger partial charge >= 0.3 is 0 Å². The zero-order valence-electron chi connectivity index (χ0n) is 7.57. The number of nitriles is 1. The van der Waals surface area contributed by atoms with Crippen molar-refractivity contribution in [1.29, 1.82) is 5.26 Å². The van der Waals surface area contributed by atoms with Crippen LogP contribution in [0.25, 0.3) is 0 Å². The number of pyridine rings is 1. The Morgan fingerprint density at radius 2 is 2.06 bits per heavy atom. The molecule has 0 aliphatic rings. The number of sulfonamides is 1. The number of aromatic amines is 1. The molecule has 0 saturated carbocycles. The molecule has 0 aromatic carbocycles. The van der Waals surface area contributed by atoms with Crippen LogP contribution < -0.4 is 10.6 Å². The third kappa shape index (κ3) is 2.23. The van der Waals surface area contributed by atoms with E-state index in [1.54, 1.807) is 4.98 Å². The van der Waals surface area contributed by atoms with Gasteiger partial charge in [-0.25, -0.2) is 22.3 Å². The minimum Gasteiger partial charge on any atom is -0.342 e. The first kappa shape index (κ1) is 12.3. The minimum atomic E-state index is -4.44. The predicted molar refractivity (Wildman–Crippen MR) is 48.1 cm³/mol. The molecule has 1 aromatic heterocycles. The number of hydrogen-bond acceptors (Lipinski definition) is 4. The molecule has 9 heteroatoms. The standard InChI is InChI=1S/C7H5F2N3O3S/c8-6(9)4-1-5(13)3(2-10)7(12-4)16(11,14)15/h1,6H,(H,12,13)(H2,11,14,15). The van der Waals surface area contributed by atoms with Gasteiger partial charge in [0.25, 0.3) is 16.4 Å². The smallest absolute Gasteiger partial charge is 0.278 e. The summed E-state index contributed by atoms with van der Waals surface area (Å²) >= 11 is 0. The molecule has 1 aromatic rings. The maximum Gasteiger partial charge on any atom is 0.278 e. The highest BCUT2D eigenvalue weighted by Gasteiger charge is 2.21. The average molecular weight is 249 g/mol. The van der Waals surface area contributed by atoms with E-state index in [0.717, 1.165) is 0 Å². The van der Waals surface area contributed by atoms with Gasteiger partial charge in [0, 0.05) is 6.07 Å². The molecule has 0 bridgehead atoms. The van der Waals surface area contributed by atoms with Crippen LogP contribution in [-0.4, -0.2) is 13.4 Å². The lowest BCUT2D eigenvalue weighted by Crippen LogP contribution is -2.22. The molecular formula is C7H5F2N3O3S. The molecule has 0 atom stereocenters. The summed E-state index contributed by atoms with van der Waals surface area (Å²) in [5, 5.41) is 12.2. The van der Waals surface area contributed by atoms with E-state index in [9.17, 15) is 22.0 Å². The number of alkyl halides is 2. The Morgan fingerprint density at radius 1 is 1.50 bits per heavy atom. The fourth-order valence-electron chi connectivity index (χ4n) is 0.992. The fourth-order valence-corrected chi connectivity index (χ4v) is 1.68. The largest absolute Gasteiger partial charge is 0.342 e. The van der Waals surface area contributed by atoms with E-state index in [0.29, 0.717) is 6.07 Å². The quantitative estimate of drug-likeness (QED) is 0.756. The monoisotopic (exact) mass is 249 g/mol. The summed E-state index contributed by atoms with van der Waals surface area (Å²) < 4.78 is 46.4. The zero-order valence-corrected chi connectivity index (χ0v) is 8.38. The molecule has 6 nitrogen and oxygen atoms in total. The van der Waals surface area contributed by atoms with Crippen LogP contribution in [0.1, 0.15) is 17.7 Å². The van der Waals surface area contributed by atoms with Gasteiger partial charge in [0.05, 0.1) is 5.69 Å². The van der Waals surface area contributed by atoms with E-state index < -0.39 is 38.2 Å². The molecule has 1 heterocycles. The molecule has 0 aliphatic heterocycles. The van der Waals surface area contributed by atoms with Gasteiger partial charge in [0.2, 0.25) is 5.43 Å². The lowest BCUT2D eigenvalue weighted by molar-refractivity contribution is 0.145. The van der Waals surface area contributed by atoms with Crippen molar-refractivity contribution in [3.05, 3.63) is 27.5 Å². The second-order valence-corrected chi connectivity index (χ2v) is 4.25. The van der Waals surface area contributed by atoms with Gasteiger partial charge in [-0.2, -0.15) is 5.26 Å². The molecule has 1 rings (SSSR count). The normalized spacial score (nSPS) is 11.4. The predicted octanol–water partition coefficient (Wildman–Crippen LogP) is -0.168. The number of nitrogens with zero attached hydrogens (tertiary/aromatic N) is 1. The second kappa shape index (κ2) is 3.99. The Morgan fingerprint density at radius 3 is 2.44 bits per heavy atom. The van der Waals surface area contributed by atoms with Gasteiger partial charge in [-0.05, 0) is 0 Å². The van der Waals surface area contributed by atoms with Gasteiger partial charge in [0.1, 0.15) is 11.6 Å². The van der Waals surface area contributed by atoms with Crippen LogP contribution in [0.2, 0.25) is 0 Å². The number of nitrogens with one attached hydrogen (secondary N) is 1. The minimum absolute atomic E-state index is 0.456. The highest BCUT2D eigenvalue weighted by molar-refractivity contribution is 7.89. The molecule has 3 N–H and O–H groups in total. The molecule has 0 aliphatic carbocycles. The number of halogens is 2. The van der Waals surface area contributed by atoms with Crippen LogP contribution in [0.4, 0.5) is 8.78 Å². The zero-order chi connectivity index (χ0) is 12.5. The number of aromatic nitrogens is 1. The highest BCUT2D eigenvalue weighted by Crippen LogP contribution is 2.17. The molecule has 0 saturated heterocycles. The summed E-state index contributed by atoms with van der Waals surface area (Å²) in [4.78, 5) is 12.9. The van der Waals surface area contributed by atoms with Gasteiger partial charge in [0.15, 0.2) is 5.03 Å². The van der Waals surface area contributed by atoms with E-state index >= 15 is 0 Å². The van der Waals surface area contributed by atoms with E-state index in [1.165, 1.54) is 6.07 Å². The Balaban J connectivity index is 3.72. The Kier molecular flexibility index (Phi) is 3.06. The van der Waals surface area contributed by atoms with Crippen LogP contribution in [-0.2, 0) is 10.0 Å². The van der Waals surface area contributed by atoms with Gasteiger partial charge < -0.3 is 4.98 Å². The summed E-state index contributed by atoms with van der Waals surface area (Å²) in [6.07, 6.45) is -3.07. The summed E-state index contributed by atoms with van der Waals surface area (Å²) in [7, 11) is -4.44. The third-order valence-corrected chi connectivity index (χ3v) is 2.52. The Bertz CT molecular complexity index is 615. The molecule has 0 fully saturated rings. The number of rotatable bonds is 2. The molecule has 0 unspecified atom stereocenters. The van der Waals surface area contributed by atoms with Crippen molar-refractivity contribution in [2.24, 2.45) is 5.14 Å². The van der Waals surface area contributed by atoms with Crippen molar-refractivity contribution >= 4 is 10.0 Å². The highest BCUT2D eigenvalue weighted by atomic mass is 32.2. The summed E-state index contributed by atoms with van der Waals surface area (Å²) in [5.74, 6) is 0. The van der Waals surface area contributed by atoms with Crippen LogP contribution >= 0.6 is 0 Å². The number of primary sulfonamides is 1. The van der Waals surface area contributed by atoms with Crippen LogP contribution in [0.5, 0.6) is 0 Å². The Hall–Kier alpha value is -1.79. The van der Waals surface area contributed by atoms with Crippen LogP contribution in [0, 0.1) is 11.3 Å². The molecule has 0 amide bonds. The topological polar surface area (TPSA) is 117 Å². The molecule has 0 spiro atoms. The van der Waals surface area contributed by atoms with Crippen molar-refractivity contribution in [2.45, 2.75) is 11.5 Å². The molecule has 0 radical (unpaired) electrons. The lowest BCUT2D eigenvalue weighted by atomic mass is 10.2. The van der Waals surface area contributed by atoms with Crippen LogP contribution in [0.15, 0.2) is 15.9 Å². The van der Waals surface area contributed by atoms with Crippen molar-refractivity contribution in [1.82, 2.24) is 4.98 Å². The van der Waals surface area contributed by atoms with E-state index in [1.807, 2.05) is 0 Å². The summed E-state index contributed by atoms with van der Waals surface area (Å²) in [6.45, 7) is 0. The number of hydrogen-bond donors (Lipinski definition) is 2. The first-order chi connectivity index (χ1) is 7.27. The van der Waals surface area contributed by atoms with E-state index in [4.69, 9.17) is 5.26 Å². The van der Waals surface area contributed by atoms with Crippen molar-refractivity contribution in [3.8, 4) is 6.07 Å². The van der Waals surface area contributed by atoms with Crippen LogP contribution in [0.3, 0.4) is 0 Å². The van der Waals surface area contributed by atoms with Crippen molar-refractivity contribution in [3.63, 3.8) is 0 Å². The summed E-state index contributed by atoms with van der Waals surface area (Å²) in [5.41, 5.74) is -2.85. The number of nitrogens with two attached hydrogens (primary N) is 1. The summed E-state index contributed by atoms with van der Waals surface area (Å²) in [6, 6.07) is 1.74. The second-order valence-electron chi connectivity index (χ2n) is 2.75. The maximum absolute atomic E-state index is 12.3. The lowest BCUT2D eigenvalue weighted by Gasteiger charge is -2.04. The third-order valence-electron chi connectivity index (χ3n) is 1.65. The van der Waals surface area contributed by atoms with E-state index in [2.05, 4.69) is 5.14 Å². The number of H-pyrrole nitrogens is 1. The van der Waals surface area contributed by atoms with E-state index in [-0.39, 0.29) is 0 Å². The van der Waals surface area contributed by atoms with Crippen molar-refractivity contribution in [2.75, 3.05) is 0 Å².